The number of anilines is 1. The predicted octanol–water partition coefficient (Wildman–Crippen LogP) is 2.99. The molecule has 1 aromatic rings. The number of halogens is 1. The van der Waals surface area contributed by atoms with Crippen molar-refractivity contribution < 1.29 is 17.6 Å². The minimum absolute atomic E-state index is 0.123. The van der Waals surface area contributed by atoms with E-state index in [4.69, 9.17) is 0 Å². The number of nitrogens with one attached hydrogen (secondary N) is 1. The fraction of sp³-hybridized carbons (Fsp3) is 0.500. The van der Waals surface area contributed by atoms with E-state index < -0.39 is 27.8 Å². The van der Waals surface area contributed by atoms with Crippen LogP contribution < -0.4 is 9.62 Å². The molecule has 1 amide bonds. The summed E-state index contributed by atoms with van der Waals surface area (Å²) in [6.07, 6.45) is 8.45. The molecule has 1 aliphatic rings. The molecule has 1 aromatic carbocycles. The number of hydrogen-bond donors (Lipinski definition) is 1. The SMILES string of the molecule is CC(C(=O)NCCC1=CCCCC1)N(c1ccccc1F)S(C)(=O)=O. The second kappa shape index (κ2) is 8.47. The van der Waals surface area contributed by atoms with E-state index in [0.717, 1.165) is 29.8 Å². The maximum atomic E-state index is 14.0. The zero-order valence-electron chi connectivity index (χ0n) is 14.7. The Bertz CT molecular complexity index is 746. The molecule has 0 bridgehead atoms. The van der Waals surface area contributed by atoms with Crippen molar-refractivity contribution in [1.29, 1.82) is 0 Å². The van der Waals surface area contributed by atoms with E-state index in [1.54, 1.807) is 0 Å². The van der Waals surface area contributed by atoms with Gasteiger partial charge in [0.1, 0.15) is 11.9 Å². The van der Waals surface area contributed by atoms with Crippen molar-refractivity contribution in [2.45, 2.75) is 45.1 Å². The van der Waals surface area contributed by atoms with E-state index >= 15 is 0 Å². The van der Waals surface area contributed by atoms with Crippen molar-refractivity contribution in [1.82, 2.24) is 5.32 Å². The van der Waals surface area contributed by atoms with E-state index in [1.807, 2.05) is 0 Å². The number of rotatable bonds is 7. The molecule has 0 spiro atoms. The van der Waals surface area contributed by atoms with E-state index in [0.29, 0.717) is 6.54 Å². The Hall–Kier alpha value is -1.89. The number of amides is 1. The number of hydrogen-bond acceptors (Lipinski definition) is 3. The van der Waals surface area contributed by atoms with Crippen molar-refractivity contribution in [3.63, 3.8) is 0 Å². The Morgan fingerprint density at radius 2 is 2.04 bits per heavy atom. The Kier molecular flexibility index (Phi) is 6.58. The number of benzene rings is 1. The van der Waals surface area contributed by atoms with E-state index in [9.17, 15) is 17.6 Å². The molecule has 0 saturated heterocycles. The van der Waals surface area contributed by atoms with Crippen LogP contribution in [0.4, 0.5) is 10.1 Å². The van der Waals surface area contributed by atoms with Crippen LogP contribution in [0.25, 0.3) is 0 Å². The van der Waals surface area contributed by atoms with Gasteiger partial charge in [0.25, 0.3) is 0 Å². The van der Waals surface area contributed by atoms with E-state index in [1.165, 1.54) is 49.6 Å². The quantitative estimate of drug-likeness (QED) is 0.753. The van der Waals surface area contributed by atoms with Gasteiger partial charge in [-0.1, -0.05) is 23.8 Å². The summed E-state index contributed by atoms with van der Waals surface area (Å²) in [5.74, 6) is -1.12. The largest absolute Gasteiger partial charge is 0.354 e. The molecule has 138 valence electrons. The fourth-order valence-corrected chi connectivity index (χ4v) is 4.21. The third kappa shape index (κ3) is 5.29. The van der Waals surface area contributed by atoms with Gasteiger partial charge < -0.3 is 5.32 Å². The molecule has 1 aliphatic carbocycles. The van der Waals surface area contributed by atoms with Gasteiger partial charge in [-0.05, 0) is 51.2 Å². The van der Waals surface area contributed by atoms with Crippen LogP contribution in [-0.4, -0.2) is 33.2 Å². The summed E-state index contributed by atoms with van der Waals surface area (Å²) in [4.78, 5) is 12.4. The van der Waals surface area contributed by atoms with Gasteiger partial charge >= 0.3 is 0 Å². The van der Waals surface area contributed by atoms with Gasteiger partial charge in [-0.15, -0.1) is 0 Å². The van der Waals surface area contributed by atoms with Crippen LogP contribution in [0.1, 0.15) is 39.0 Å². The molecule has 0 heterocycles. The normalized spacial score (nSPS) is 16.0. The van der Waals surface area contributed by atoms with Crippen LogP contribution in [0.5, 0.6) is 0 Å². The molecule has 0 saturated carbocycles. The smallest absolute Gasteiger partial charge is 0.243 e. The van der Waals surface area contributed by atoms with Crippen molar-refractivity contribution in [2.75, 3.05) is 17.1 Å². The number of nitrogens with zero attached hydrogens (tertiary/aromatic N) is 1. The van der Waals surface area contributed by atoms with Gasteiger partial charge in [0.15, 0.2) is 0 Å². The highest BCUT2D eigenvalue weighted by molar-refractivity contribution is 7.92. The van der Waals surface area contributed by atoms with Crippen LogP contribution in [0.3, 0.4) is 0 Å². The summed E-state index contributed by atoms with van der Waals surface area (Å²) in [5, 5.41) is 2.76. The van der Waals surface area contributed by atoms with E-state index in [2.05, 4.69) is 11.4 Å². The summed E-state index contributed by atoms with van der Waals surface area (Å²) in [6.45, 7) is 1.91. The Morgan fingerprint density at radius 1 is 1.32 bits per heavy atom. The first-order valence-electron chi connectivity index (χ1n) is 8.50. The second-order valence-electron chi connectivity index (χ2n) is 6.34. The molecule has 1 unspecified atom stereocenters. The molecular formula is C18H25FN2O3S. The Morgan fingerprint density at radius 3 is 2.64 bits per heavy atom. The summed E-state index contributed by atoms with van der Waals surface area (Å²) >= 11 is 0. The molecule has 7 heteroatoms. The molecule has 1 atom stereocenters. The molecule has 1 N–H and O–H groups in total. The average Bonchev–Trinajstić information content (AvgIpc) is 2.56. The maximum absolute atomic E-state index is 14.0. The summed E-state index contributed by atoms with van der Waals surface area (Å²) in [5.41, 5.74) is 1.20. The lowest BCUT2D eigenvalue weighted by atomic mass is 9.97. The third-order valence-corrected chi connectivity index (χ3v) is 5.54. The number of carbonyl (C=O) groups is 1. The van der Waals surface area contributed by atoms with Gasteiger partial charge in [0.2, 0.25) is 15.9 Å². The zero-order valence-corrected chi connectivity index (χ0v) is 15.5. The van der Waals surface area contributed by atoms with Crippen molar-refractivity contribution in [3.05, 3.63) is 41.7 Å². The molecular weight excluding hydrogens is 343 g/mol. The molecule has 0 aromatic heterocycles. The van der Waals surface area contributed by atoms with Crippen molar-refractivity contribution in [3.8, 4) is 0 Å². The topological polar surface area (TPSA) is 66.5 Å². The lowest BCUT2D eigenvalue weighted by Gasteiger charge is -2.28. The minimum atomic E-state index is -3.81. The summed E-state index contributed by atoms with van der Waals surface area (Å²) < 4.78 is 39.1. The highest BCUT2D eigenvalue weighted by atomic mass is 32.2. The lowest BCUT2D eigenvalue weighted by molar-refractivity contribution is -0.121. The van der Waals surface area contributed by atoms with Gasteiger partial charge in [-0.25, -0.2) is 12.8 Å². The van der Waals surface area contributed by atoms with Gasteiger partial charge in [-0.3, -0.25) is 9.10 Å². The summed E-state index contributed by atoms with van der Waals surface area (Å²) in [7, 11) is -3.81. The highest BCUT2D eigenvalue weighted by Crippen LogP contribution is 2.24. The molecule has 5 nitrogen and oxygen atoms in total. The minimum Gasteiger partial charge on any atom is -0.354 e. The maximum Gasteiger partial charge on any atom is 0.243 e. The van der Waals surface area contributed by atoms with Crippen LogP contribution in [0.2, 0.25) is 0 Å². The van der Waals surface area contributed by atoms with Gasteiger partial charge in [-0.2, -0.15) is 0 Å². The Labute approximate surface area is 149 Å². The molecule has 0 radical (unpaired) electrons. The predicted molar refractivity (Wildman–Crippen MR) is 97.4 cm³/mol. The van der Waals surface area contributed by atoms with Crippen molar-refractivity contribution in [2.24, 2.45) is 0 Å². The third-order valence-electron chi connectivity index (χ3n) is 4.31. The monoisotopic (exact) mass is 368 g/mol. The first-order chi connectivity index (χ1) is 11.8. The molecule has 0 fully saturated rings. The van der Waals surface area contributed by atoms with Crippen LogP contribution in [0, 0.1) is 5.82 Å². The van der Waals surface area contributed by atoms with Crippen molar-refractivity contribution >= 4 is 21.6 Å². The number of allylic oxidation sites excluding steroid dienone is 1. The standard InChI is InChI=1S/C18H25FN2O3S/c1-14(18(22)20-13-12-15-8-4-3-5-9-15)21(25(2,23)24)17-11-7-6-10-16(17)19/h6-8,10-11,14H,3-5,9,12-13H2,1-2H3,(H,20,22). The summed E-state index contributed by atoms with van der Waals surface area (Å²) in [6, 6.07) is 4.51. The zero-order chi connectivity index (χ0) is 18.4. The first kappa shape index (κ1) is 19.4. The molecule has 0 aliphatic heterocycles. The molecule has 25 heavy (non-hydrogen) atoms. The van der Waals surface area contributed by atoms with Crippen LogP contribution in [-0.2, 0) is 14.8 Å². The number of sulfonamides is 1. The highest BCUT2D eigenvalue weighted by Gasteiger charge is 2.30. The fourth-order valence-electron chi connectivity index (χ4n) is 3.04. The van der Waals surface area contributed by atoms with Gasteiger partial charge in [0, 0.05) is 6.54 Å². The number of para-hydroxylation sites is 1. The number of carbonyl (C=O) groups excluding carboxylic acids is 1. The van der Waals surface area contributed by atoms with E-state index in [-0.39, 0.29) is 5.69 Å². The average molecular weight is 368 g/mol. The second-order valence-corrected chi connectivity index (χ2v) is 8.19. The van der Waals surface area contributed by atoms with Crippen LogP contribution in [0.15, 0.2) is 35.9 Å². The lowest BCUT2D eigenvalue weighted by Crippen LogP contribution is -2.48. The van der Waals surface area contributed by atoms with Gasteiger partial charge in [0.05, 0.1) is 11.9 Å². The van der Waals surface area contributed by atoms with Crippen LogP contribution >= 0.6 is 0 Å². The molecule has 2 rings (SSSR count). The Balaban J connectivity index is 2.06. The first-order valence-corrected chi connectivity index (χ1v) is 10.3.